The van der Waals surface area contributed by atoms with Crippen LogP contribution in [0.15, 0.2) is 0 Å². The van der Waals surface area contributed by atoms with Gasteiger partial charge in [-0.2, -0.15) is 0 Å². The maximum absolute atomic E-state index is 12.9. The Hall–Kier alpha value is -3.75. The number of carboxylic acids is 2. The minimum Gasteiger partial charge on any atom is -0.481 e. The molecule has 0 aromatic carbocycles. The molecule has 0 bridgehead atoms. The smallest absolute Gasteiger partial charge is 0.326 e. The zero-order valence-corrected chi connectivity index (χ0v) is 18.9. The summed E-state index contributed by atoms with van der Waals surface area (Å²) in [6.45, 7) is 3.34. The van der Waals surface area contributed by atoms with Crippen molar-refractivity contribution in [3.05, 3.63) is 0 Å². The number of primary amides is 2. The van der Waals surface area contributed by atoms with Crippen molar-refractivity contribution in [2.75, 3.05) is 0 Å². The van der Waals surface area contributed by atoms with Crippen molar-refractivity contribution in [3.63, 3.8) is 0 Å². The third-order valence-corrected chi connectivity index (χ3v) is 4.86. The van der Waals surface area contributed by atoms with Gasteiger partial charge in [-0.25, -0.2) is 4.79 Å². The normalized spacial score (nSPS) is 15.0. The number of nitrogens with one attached hydrogen (secondary N) is 3. The summed E-state index contributed by atoms with van der Waals surface area (Å²) in [7, 11) is 0. The van der Waals surface area contributed by atoms with E-state index in [-0.39, 0.29) is 12.8 Å². The molecule has 0 aliphatic carbocycles. The molecular formula is C19H32N6O9. The van der Waals surface area contributed by atoms with Crippen molar-refractivity contribution in [2.45, 2.75) is 70.1 Å². The molecule has 0 saturated carbocycles. The molecule has 0 radical (unpaired) electrons. The molecule has 5 unspecified atom stereocenters. The van der Waals surface area contributed by atoms with Gasteiger partial charge in [-0.1, -0.05) is 20.3 Å². The van der Waals surface area contributed by atoms with Gasteiger partial charge < -0.3 is 43.4 Å². The minimum absolute atomic E-state index is 0.0666. The fraction of sp³-hybridized carbons (Fsp3) is 0.632. The molecule has 5 atom stereocenters. The number of hydrogen-bond donors (Lipinski definition) is 8. The summed E-state index contributed by atoms with van der Waals surface area (Å²) in [5.74, 6) is -8.10. The van der Waals surface area contributed by atoms with E-state index in [1.54, 1.807) is 13.8 Å². The highest BCUT2D eigenvalue weighted by Crippen LogP contribution is 2.10. The van der Waals surface area contributed by atoms with Crippen LogP contribution < -0.4 is 33.2 Å². The lowest BCUT2D eigenvalue weighted by molar-refractivity contribution is -0.147. The van der Waals surface area contributed by atoms with Gasteiger partial charge in [0.05, 0.1) is 18.9 Å². The Kier molecular flexibility index (Phi) is 12.8. The lowest BCUT2D eigenvalue weighted by Gasteiger charge is -2.27. The van der Waals surface area contributed by atoms with Gasteiger partial charge in [0.2, 0.25) is 29.5 Å². The topological polar surface area (TPSA) is 274 Å². The summed E-state index contributed by atoms with van der Waals surface area (Å²) in [6, 6.07) is -5.84. The summed E-state index contributed by atoms with van der Waals surface area (Å²) in [5.41, 5.74) is 15.9. The SMILES string of the molecule is CCC(C)C(NC(=O)C(N)CCC(N)=O)C(=O)NC(CC(N)=O)C(=O)NC(CC(=O)O)C(=O)O. The van der Waals surface area contributed by atoms with Crippen LogP contribution in [-0.2, 0) is 33.6 Å². The van der Waals surface area contributed by atoms with Crippen LogP contribution in [-0.4, -0.2) is 75.9 Å². The number of amides is 5. The molecule has 5 amide bonds. The Bertz CT molecular complexity index is 803. The molecule has 15 heteroatoms. The lowest BCUT2D eigenvalue weighted by atomic mass is 9.97. The van der Waals surface area contributed by atoms with Crippen molar-refractivity contribution < 1.29 is 43.8 Å². The van der Waals surface area contributed by atoms with Crippen LogP contribution in [0.2, 0.25) is 0 Å². The molecule has 0 aromatic rings. The van der Waals surface area contributed by atoms with Crippen LogP contribution in [0.4, 0.5) is 0 Å². The predicted octanol–water partition coefficient (Wildman–Crippen LogP) is -3.49. The first-order chi connectivity index (χ1) is 15.7. The molecular weight excluding hydrogens is 456 g/mol. The number of carboxylic acid groups (broad SMARTS) is 2. The summed E-state index contributed by atoms with van der Waals surface area (Å²) in [5, 5.41) is 24.5. The molecule has 0 spiro atoms. The van der Waals surface area contributed by atoms with E-state index in [0.29, 0.717) is 6.42 Å². The van der Waals surface area contributed by atoms with Crippen LogP contribution in [0.25, 0.3) is 0 Å². The molecule has 0 aliphatic rings. The molecule has 0 fully saturated rings. The molecule has 0 aromatic heterocycles. The Morgan fingerprint density at radius 2 is 1.35 bits per heavy atom. The highest BCUT2D eigenvalue weighted by Gasteiger charge is 2.33. The summed E-state index contributed by atoms with van der Waals surface area (Å²) in [4.78, 5) is 82.1. The van der Waals surface area contributed by atoms with Gasteiger partial charge in [0, 0.05) is 6.42 Å². The maximum atomic E-state index is 12.9. The van der Waals surface area contributed by atoms with E-state index in [0.717, 1.165) is 0 Å². The molecule has 0 rings (SSSR count). The van der Waals surface area contributed by atoms with E-state index in [1.165, 1.54) is 0 Å². The van der Waals surface area contributed by atoms with E-state index in [2.05, 4.69) is 10.6 Å². The van der Waals surface area contributed by atoms with E-state index < -0.39 is 84.4 Å². The zero-order chi connectivity index (χ0) is 26.6. The number of nitrogens with two attached hydrogens (primary N) is 3. The second-order valence-corrected chi connectivity index (χ2v) is 7.71. The van der Waals surface area contributed by atoms with Gasteiger partial charge in [0.25, 0.3) is 0 Å². The first-order valence-corrected chi connectivity index (χ1v) is 10.4. The second-order valence-electron chi connectivity index (χ2n) is 7.71. The third-order valence-electron chi connectivity index (χ3n) is 4.86. The van der Waals surface area contributed by atoms with Crippen LogP contribution in [0.5, 0.6) is 0 Å². The number of hydrogen-bond acceptors (Lipinski definition) is 8. The number of carbonyl (C=O) groups excluding carboxylic acids is 5. The quantitative estimate of drug-likeness (QED) is 0.106. The van der Waals surface area contributed by atoms with Crippen molar-refractivity contribution in [2.24, 2.45) is 23.1 Å². The van der Waals surface area contributed by atoms with Gasteiger partial charge in [-0.3, -0.25) is 28.8 Å². The van der Waals surface area contributed by atoms with Crippen molar-refractivity contribution in [3.8, 4) is 0 Å². The van der Waals surface area contributed by atoms with E-state index in [4.69, 9.17) is 27.4 Å². The Balaban J connectivity index is 5.57. The van der Waals surface area contributed by atoms with E-state index in [9.17, 15) is 33.6 Å². The monoisotopic (exact) mass is 488 g/mol. The first kappa shape index (κ1) is 30.2. The minimum atomic E-state index is -1.83. The highest BCUT2D eigenvalue weighted by atomic mass is 16.4. The Morgan fingerprint density at radius 3 is 1.79 bits per heavy atom. The molecule has 0 aliphatic heterocycles. The number of rotatable bonds is 16. The first-order valence-electron chi connectivity index (χ1n) is 10.4. The maximum Gasteiger partial charge on any atom is 0.326 e. The molecule has 0 heterocycles. The zero-order valence-electron chi connectivity index (χ0n) is 18.9. The fourth-order valence-corrected chi connectivity index (χ4v) is 2.71. The second kappa shape index (κ2) is 14.4. The molecule has 0 saturated heterocycles. The summed E-state index contributed by atoms with van der Waals surface area (Å²) in [6.07, 6.45) is -1.50. The van der Waals surface area contributed by atoms with Crippen molar-refractivity contribution in [1.82, 2.24) is 16.0 Å². The van der Waals surface area contributed by atoms with Gasteiger partial charge in [0.15, 0.2) is 0 Å². The van der Waals surface area contributed by atoms with Gasteiger partial charge >= 0.3 is 11.9 Å². The predicted molar refractivity (Wildman–Crippen MR) is 115 cm³/mol. The molecule has 192 valence electrons. The molecule has 34 heavy (non-hydrogen) atoms. The van der Waals surface area contributed by atoms with Crippen LogP contribution in [0.1, 0.15) is 46.0 Å². The molecule has 15 nitrogen and oxygen atoms in total. The highest BCUT2D eigenvalue weighted by molar-refractivity contribution is 5.96. The van der Waals surface area contributed by atoms with Gasteiger partial charge in [0.1, 0.15) is 18.1 Å². The number of aliphatic carboxylic acids is 2. The average molecular weight is 488 g/mol. The van der Waals surface area contributed by atoms with Crippen LogP contribution in [0.3, 0.4) is 0 Å². The van der Waals surface area contributed by atoms with Gasteiger partial charge in [-0.15, -0.1) is 0 Å². The average Bonchev–Trinajstić information content (AvgIpc) is 2.72. The Labute approximate surface area is 195 Å². The van der Waals surface area contributed by atoms with Gasteiger partial charge in [-0.05, 0) is 12.3 Å². The van der Waals surface area contributed by atoms with Crippen molar-refractivity contribution in [1.29, 1.82) is 0 Å². The summed E-state index contributed by atoms with van der Waals surface area (Å²) < 4.78 is 0. The van der Waals surface area contributed by atoms with E-state index in [1.807, 2.05) is 5.32 Å². The lowest BCUT2D eigenvalue weighted by Crippen LogP contribution is -2.59. The van der Waals surface area contributed by atoms with Crippen molar-refractivity contribution >= 4 is 41.5 Å². The fourth-order valence-electron chi connectivity index (χ4n) is 2.71. The van der Waals surface area contributed by atoms with E-state index >= 15 is 0 Å². The standard InChI is InChI=1S/C19H32N6O9/c1-3-8(2)15(25-16(30)9(20)4-5-12(21)26)18(32)23-10(6-13(22)27)17(31)24-11(19(33)34)7-14(28)29/h8-11,15H,3-7,20H2,1-2H3,(H2,21,26)(H2,22,27)(H,23,32)(H,24,31)(H,25,30)(H,28,29)(H,33,34). The largest absolute Gasteiger partial charge is 0.481 e. The molecule has 11 N–H and O–H groups in total. The summed E-state index contributed by atoms with van der Waals surface area (Å²) >= 11 is 0. The van der Waals surface area contributed by atoms with Crippen LogP contribution in [0, 0.1) is 5.92 Å². The van der Waals surface area contributed by atoms with Crippen LogP contribution >= 0.6 is 0 Å². The third kappa shape index (κ3) is 11.2. The Morgan fingerprint density at radius 1 is 0.794 bits per heavy atom. The number of carbonyl (C=O) groups is 7.